The minimum absolute atomic E-state index is 0.0996. The molecule has 2 aliphatic rings. The Morgan fingerprint density at radius 3 is 2.53 bits per heavy atom. The number of carbonyl (C=O) groups excluding carboxylic acids is 1. The second kappa shape index (κ2) is 9.96. The summed E-state index contributed by atoms with van der Waals surface area (Å²) >= 11 is 0. The maximum absolute atomic E-state index is 13.4. The van der Waals surface area contributed by atoms with Crippen molar-refractivity contribution >= 4 is 15.9 Å². The van der Waals surface area contributed by atoms with Crippen LogP contribution in [0.4, 0.5) is 0 Å². The third kappa shape index (κ3) is 4.79. The number of rotatable bonds is 7. The van der Waals surface area contributed by atoms with Crippen LogP contribution in [-0.4, -0.2) is 44.4 Å². The van der Waals surface area contributed by atoms with Crippen LogP contribution >= 0.6 is 0 Å². The number of para-hydroxylation sites is 1. The predicted octanol–water partition coefficient (Wildman–Crippen LogP) is 4.29. The van der Waals surface area contributed by atoms with Gasteiger partial charge < -0.3 is 14.8 Å². The third-order valence-corrected chi connectivity index (χ3v) is 9.13. The third-order valence-electron chi connectivity index (χ3n) is 7.25. The lowest BCUT2D eigenvalue weighted by Gasteiger charge is -2.42. The Balaban J connectivity index is 1.50. The Morgan fingerprint density at radius 2 is 1.85 bits per heavy atom. The molecule has 0 saturated carbocycles. The van der Waals surface area contributed by atoms with Crippen LogP contribution in [0.15, 0.2) is 53.4 Å². The molecule has 2 aliphatic heterocycles. The highest BCUT2D eigenvalue weighted by molar-refractivity contribution is 7.89. The van der Waals surface area contributed by atoms with Crippen LogP contribution in [-0.2, 0) is 14.8 Å². The van der Waals surface area contributed by atoms with Gasteiger partial charge >= 0.3 is 0 Å². The molecule has 2 aromatic rings. The van der Waals surface area contributed by atoms with Crippen molar-refractivity contribution in [3.05, 3.63) is 54.1 Å². The lowest BCUT2D eigenvalue weighted by Crippen LogP contribution is -2.49. The van der Waals surface area contributed by atoms with Crippen molar-refractivity contribution < 1.29 is 22.7 Å². The van der Waals surface area contributed by atoms with Crippen molar-refractivity contribution in [1.29, 1.82) is 0 Å². The van der Waals surface area contributed by atoms with E-state index < -0.39 is 15.9 Å². The average Bonchev–Trinajstić information content (AvgIpc) is 2.88. The number of carbonyl (C=O) groups is 1. The quantitative estimate of drug-likeness (QED) is 0.631. The molecule has 0 radical (unpaired) electrons. The summed E-state index contributed by atoms with van der Waals surface area (Å²) in [4.78, 5) is 13.6. The Morgan fingerprint density at radius 1 is 1.15 bits per heavy atom. The van der Waals surface area contributed by atoms with E-state index in [0.717, 1.165) is 24.2 Å². The minimum Gasteiger partial charge on any atom is -0.497 e. The normalized spacial score (nSPS) is 22.3. The van der Waals surface area contributed by atoms with Gasteiger partial charge in [-0.3, -0.25) is 4.79 Å². The van der Waals surface area contributed by atoms with E-state index in [9.17, 15) is 13.2 Å². The van der Waals surface area contributed by atoms with E-state index in [1.807, 2.05) is 24.3 Å². The van der Waals surface area contributed by atoms with Crippen LogP contribution in [0.3, 0.4) is 0 Å². The van der Waals surface area contributed by atoms with Gasteiger partial charge in [-0.05, 0) is 56.0 Å². The number of benzene rings is 2. The number of nitrogens with one attached hydrogen (secondary N) is 1. The molecule has 7 nitrogen and oxygen atoms in total. The molecular formula is C26H34N2O5S. The molecule has 0 spiro atoms. The van der Waals surface area contributed by atoms with Gasteiger partial charge in [-0.2, -0.15) is 4.31 Å². The Bertz CT molecular complexity index is 1110. The molecule has 0 aliphatic carbocycles. The summed E-state index contributed by atoms with van der Waals surface area (Å²) < 4.78 is 39.3. The first kappa shape index (κ1) is 24.5. The molecule has 184 valence electrons. The second-order valence-electron chi connectivity index (χ2n) is 9.17. The van der Waals surface area contributed by atoms with E-state index in [1.54, 1.807) is 31.4 Å². The fourth-order valence-corrected chi connectivity index (χ4v) is 6.51. The zero-order valence-corrected chi connectivity index (χ0v) is 20.9. The smallest absolute Gasteiger partial charge is 0.243 e. The molecule has 34 heavy (non-hydrogen) atoms. The van der Waals surface area contributed by atoms with Gasteiger partial charge in [0.2, 0.25) is 15.9 Å². The summed E-state index contributed by atoms with van der Waals surface area (Å²) in [5, 5.41) is 3.24. The first-order valence-electron chi connectivity index (χ1n) is 12.0. The maximum Gasteiger partial charge on any atom is 0.243 e. The van der Waals surface area contributed by atoms with Crippen molar-refractivity contribution in [3.63, 3.8) is 0 Å². The van der Waals surface area contributed by atoms with Gasteiger partial charge in [-0.15, -0.1) is 0 Å². The van der Waals surface area contributed by atoms with Crippen molar-refractivity contribution in [3.8, 4) is 11.5 Å². The van der Waals surface area contributed by atoms with Crippen LogP contribution in [0, 0.1) is 5.92 Å². The number of nitrogens with zero attached hydrogens (tertiary/aromatic N) is 1. The SMILES string of the molecule is CCC1(CC)CC(NC(=O)C2CCCN(S(=O)(=O)c3ccc(OC)cc3)C2)c2ccccc2O1. The topological polar surface area (TPSA) is 84.9 Å². The molecule has 1 amide bonds. The van der Waals surface area contributed by atoms with Gasteiger partial charge in [-0.25, -0.2) is 8.42 Å². The summed E-state index contributed by atoms with van der Waals surface area (Å²) in [7, 11) is -2.14. The lowest BCUT2D eigenvalue weighted by atomic mass is 9.83. The number of piperidine rings is 1. The van der Waals surface area contributed by atoms with Crippen molar-refractivity contribution in [2.24, 2.45) is 5.92 Å². The summed E-state index contributed by atoms with van der Waals surface area (Å²) in [5.74, 6) is 0.920. The molecule has 4 rings (SSSR count). The number of hydrogen-bond donors (Lipinski definition) is 1. The van der Waals surface area contributed by atoms with Gasteiger partial charge in [-0.1, -0.05) is 32.0 Å². The van der Waals surface area contributed by atoms with E-state index >= 15 is 0 Å². The predicted molar refractivity (Wildman–Crippen MR) is 130 cm³/mol. The van der Waals surface area contributed by atoms with Gasteiger partial charge in [0, 0.05) is 25.1 Å². The molecule has 2 atom stereocenters. The van der Waals surface area contributed by atoms with Crippen LogP contribution < -0.4 is 14.8 Å². The van der Waals surface area contributed by atoms with Crippen molar-refractivity contribution in [1.82, 2.24) is 9.62 Å². The van der Waals surface area contributed by atoms with Gasteiger partial charge in [0.25, 0.3) is 0 Å². The standard InChI is InChI=1S/C26H34N2O5S/c1-4-26(5-2)17-23(22-10-6-7-11-24(22)33-26)27-25(29)19-9-8-16-28(18-19)34(30,31)21-14-12-20(32-3)13-15-21/h6-7,10-15,19,23H,4-5,8-9,16-18H2,1-3H3,(H,27,29). The molecule has 1 N–H and O–H groups in total. The number of sulfonamides is 1. The molecule has 2 heterocycles. The van der Waals surface area contributed by atoms with Crippen LogP contribution in [0.2, 0.25) is 0 Å². The first-order chi connectivity index (χ1) is 16.3. The Hall–Kier alpha value is -2.58. The highest BCUT2D eigenvalue weighted by Crippen LogP contribution is 2.42. The van der Waals surface area contributed by atoms with Crippen LogP contribution in [0.5, 0.6) is 11.5 Å². The largest absolute Gasteiger partial charge is 0.497 e. The molecule has 2 aromatic carbocycles. The van der Waals surface area contributed by atoms with E-state index in [4.69, 9.17) is 9.47 Å². The van der Waals surface area contributed by atoms with E-state index in [2.05, 4.69) is 19.2 Å². The summed E-state index contributed by atoms with van der Waals surface area (Å²) in [6, 6.07) is 14.1. The van der Waals surface area contributed by atoms with Crippen molar-refractivity contribution in [2.75, 3.05) is 20.2 Å². The zero-order chi connectivity index (χ0) is 24.3. The van der Waals surface area contributed by atoms with Gasteiger partial charge in [0.1, 0.15) is 17.1 Å². The fraction of sp³-hybridized carbons (Fsp3) is 0.500. The number of amides is 1. The first-order valence-corrected chi connectivity index (χ1v) is 13.5. The highest BCUT2D eigenvalue weighted by atomic mass is 32.2. The summed E-state index contributed by atoms with van der Waals surface area (Å²) in [5.41, 5.74) is 0.662. The number of methoxy groups -OCH3 is 1. The molecule has 0 aromatic heterocycles. The average molecular weight is 487 g/mol. The molecule has 2 unspecified atom stereocenters. The molecule has 1 fully saturated rings. The molecule has 8 heteroatoms. The fourth-order valence-electron chi connectivity index (χ4n) is 4.99. The molecular weight excluding hydrogens is 452 g/mol. The second-order valence-corrected chi connectivity index (χ2v) is 11.1. The van der Waals surface area contributed by atoms with Crippen LogP contribution in [0.25, 0.3) is 0 Å². The zero-order valence-electron chi connectivity index (χ0n) is 20.1. The van der Waals surface area contributed by atoms with Gasteiger partial charge in [0.15, 0.2) is 0 Å². The van der Waals surface area contributed by atoms with Crippen LogP contribution in [0.1, 0.15) is 57.6 Å². The Kier molecular flexibility index (Phi) is 7.19. The monoisotopic (exact) mass is 486 g/mol. The van der Waals surface area contributed by atoms with E-state index in [-0.39, 0.29) is 29.0 Å². The number of ether oxygens (including phenoxy) is 2. The molecule has 0 bridgehead atoms. The maximum atomic E-state index is 13.4. The van der Waals surface area contributed by atoms with Crippen molar-refractivity contribution in [2.45, 2.75) is 62.5 Å². The number of fused-ring (bicyclic) bond motifs is 1. The van der Waals surface area contributed by atoms with E-state index in [1.165, 1.54) is 4.31 Å². The summed E-state index contributed by atoms with van der Waals surface area (Å²) in [6.07, 6.45) is 3.70. The van der Waals surface area contributed by atoms with E-state index in [0.29, 0.717) is 31.6 Å². The molecule has 1 saturated heterocycles. The van der Waals surface area contributed by atoms with Gasteiger partial charge in [0.05, 0.1) is 24.0 Å². The number of hydrogen-bond acceptors (Lipinski definition) is 5. The highest BCUT2D eigenvalue weighted by Gasteiger charge is 2.40. The Labute approximate surface area is 202 Å². The lowest BCUT2D eigenvalue weighted by molar-refractivity contribution is -0.127. The minimum atomic E-state index is -3.68. The summed E-state index contributed by atoms with van der Waals surface area (Å²) in [6.45, 7) is 4.81.